The third-order valence-corrected chi connectivity index (χ3v) is 2.51. The van der Waals surface area contributed by atoms with Crippen LogP contribution in [-0.4, -0.2) is 42.6 Å². The zero-order chi connectivity index (χ0) is 10.0. The van der Waals surface area contributed by atoms with Crippen LogP contribution in [0.15, 0.2) is 0 Å². The normalized spacial score (nSPS) is 29.6. The lowest BCUT2D eigenvalue weighted by atomic mass is 10.2. The Morgan fingerprint density at radius 1 is 1.62 bits per heavy atom. The highest BCUT2D eigenvalue weighted by Crippen LogP contribution is 2.20. The smallest absolute Gasteiger partial charge is 0.323 e. The largest absolute Gasteiger partial charge is 0.468 e. The maximum absolute atomic E-state index is 11.4. The van der Waals surface area contributed by atoms with Gasteiger partial charge in [0.05, 0.1) is 7.11 Å². The highest BCUT2D eigenvalue weighted by molar-refractivity contribution is 5.76. The summed E-state index contributed by atoms with van der Waals surface area (Å²) in [4.78, 5) is 13.4. The van der Waals surface area contributed by atoms with Crippen molar-refractivity contribution < 1.29 is 9.53 Å². The second-order valence-corrected chi connectivity index (χ2v) is 3.83. The molecule has 0 bridgehead atoms. The second kappa shape index (κ2) is 4.07. The molecular formula is C9H18N2O2. The third-order valence-electron chi connectivity index (χ3n) is 2.51. The van der Waals surface area contributed by atoms with Crippen molar-refractivity contribution in [1.29, 1.82) is 0 Å². The molecule has 0 saturated carbocycles. The van der Waals surface area contributed by atoms with E-state index in [0.717, 1.165) is 6.54 Å². The van der Waals surface area contributed by atoms with Crippen LogP contribution in [0.2, 0.25) is 0 Å². The fourth-order valence-corrected chi connectivity index (χ4v) is 1.83. The summed E-state index contributed by atoms with van der Waals surface area (Å²) in [5.41, 5.74) is 5.80. The molecule has 1 rings (SSSR count). The van der Waals surface area contributed by atoms with Crippen LogP contribution in [-0.2, 0) is 9.53 Å². The first-order valence-corrected chi connectivity index (χ1v) is 4.65. The molecular weight excluding hydrogens is 168 g/mol. The van der Waals surface area contributed by atoms with Gasteiger partial charge in [0.15, 0.2) is 0 Å². The number of methoxy groups -OCH3 is 1. The predicted octanol–water partition coefficient (Wildman–Crippen LogP) is -0.0306. The highest BCUT2D eigenvalue weighted by atomic mass is 16.5. The Morgan fingerprint density at radius 3 is 2.69 bits per heavy atom. The van der Waals surface area contributed by atoms with Crippen LogP contribution in [0, 0.1) is 0 Å². The van der Waals surface area contributed by atoms with Gasteiger partial charge in [-0.2, -0.15) is 0 Å². The minimum Gasteiger partial charge on any atom is -0.468 e. The number of ether oxygens (including phenoxy) is 1. The minimum atomic E-state index is -0.165. The molecule has 1 saturated heterocycles. The summed E-state index contributed by atoms with van der Waals surface area (Å²) < 4.78 is 4.73. The molecule has 4 nitrogen and oxygen atoms in total. The average molecular weight is 186 g/mol. The van der Waals surface area contributed by atoms with Crippen molar-refractivity contribution >= 4 is 5.97 Å². The lowest BCUT2D eigenvalue weighted by molar-refractivity contribution is -0.146. The number of nitrogens with two attached hydrogens (primary N) is 1. The summed E-state index contributed by atoms with van der Waals surface area (Å²) in [5, 5.41) is 0. The van der Waals surface area contributed by atoms with E-state index in [1.807, 2.05) is 0 Å². The summed E-state index contributed by atoms with van der Waals surface area (Å²) in [6.07, 6.45) is 0.713. The number of esters is 1. The Bertz CT molecular complexity index is 194. The molecule has 1 aliphatic heterocycles. The van der Waals surface area contributed by atoms with Gasteiger partial charge in [-0.05, 0) is 20.3 Å². The molecule has 2 N–H and O–H groups in total. The van der Waals surface area contributed by atoms with E-state index in [4.69, 9.17) is 10.5 Å². The number of likely N-dealkylation sites (tertiary alicyclic amines) is 1. The maximum Gasteiger partial charge on any atom is 0.323 e. The van der Waals surface area contributed by atoms with E-state index in [1.165, 1.54) is 7.11 Å². The van der Waals surface area contributed by atoms with E-state index in [1.54, 1.807) is 0 Å². The number of nitrogens with zero attached hydrogens (tertiary/aromatic N) is 1. The quantitative estimate of drug-likeness (QED) is 0.615. The molecule has 0 aliphatic carbocycles. The number of carbonyl (C=O) groups excluding carboxylic acids is 1. The molecule has 0 aromatic heterocycles. The van der Waals surface area contributed by atoms with Gasteiger partial charge in [0.2, 0.25) is 0 Å². The summed E-state index contributed by atoms with van der Waals surface area (Å²) in [5.74, 6) is -0.165. The van der Waals surface area contributed by atoms with Crippen molar-refractivity contribution in [2.75, 3.05) is 13.7 Å². The summed E-state index contributed by atoms with van der Waals surface area (Å²) in [6.45, 7) is 4.92. The van der Waals surface area contributed by atoms with Gasteiger partial charge >= 0.3 is 5.97 Å². The SMILES string of the molecule is COC(=O)[C@H]1C[C@H](N)CN1C(C)C. The molecule has 1 aliphatic rings. The molecule has 0 unspecified atom stereocenters. The average Bonchev–Trinajstić information content (AvgIpc) is 2.46. The van der Waals surface area contributed by atoms with Gasteiger partial charge in [-0.1, -0.05) is 0 Å². The fraction of sp³-hybridized carbons (Fsp3) is 0.889. The summed E-state index contributed by atoms with van der Waals surface area (Å²) in [6, 6.07) is 0.309. The van der Waals surface area contributed by atoms with E-state index in [9.17, 15) is 4.79 Å². The number of carbonyl (C=O) groups is 1. The van der Waals surface area contributed by atoms with Crippen LogP contribution in [0.3, 0.4) is 0 Å². The molecule has 0 aromatic carbocycles. The van der Waals surface area contributed by atoms with E-state index in [2.05, 4.69) is 18.7 Å². The van der Waals surface area contributed by atoms with Crippen molar-refractivity contribution in [3.63, 3.8) is 0 Å². The molecule has 2 atom stereocenters. The third kappa shape index (κ3) is 2.19. The summed E-state index contributed by atoms with van der Waals surface area (Å²) >= 11 is 0. The zero-order valence-corrected chi connectivity index (χ0v) is 8.49. The van der Waals surface area contributed by atoms with Gasteiger partial charge in [0.25, 0.3) is 0 Å². The van der Waals surface area contributed by atoms with Crippen LogP contribution >= 0.6 is 0 Å². The Balaban J connectivity index is 2.66. The van der Waals surface area contributed by atoms with Crippen LogP contribution in [0.1, 0.15) is 20.3 Å². The van der Waals surface area contributed by atoms with Crippen molar-refractivity contribution in [2.24, 2.45) is 5.73 Å². The topological polar surface area (TPSA) is 55.6 Å². The van der Waals surface area contributed by atoms with Crippen molar-refractivity contribution in [1.82, 2.24) is 4.90 Å². The van der Waals surface area contributed by atoms with Crippen molar-refractivity contribution in [3.05, 3.63) is 0 Å². The fourth-order valence-electron chi connectivity index (χ4n) is 1.83. The maximum atomic E-state index is 11.4. The monoisotopic (exact) mass is 186 g/mol. The van der Waals surface area contributed by atoms with Crippen molar-refractivity contribution in [3.8, 4) is 0 Å². The van der Waals surface area contributed by atoms with Gasteiger partial charge < -0.3 is 10.5 Å². The molecule has 13 heavy (non-hydrogen) atoms. The highest BCUT2D eigenvalue weighted by Gasteiger charge is 2.36. The van der Waals surface area contributed by atoms with Gasteiger partial charge in [0, 0.05) is 18.6 Å². The second-order valence-electron chi connectivity index (χ2n) is 3.83. The lowest BCUT2D eigenvalue weighted by Crippen LogP contribution is -2.41. The van der Waals surface area contributed by atoms with Crippen LogP contribution in [0.4, 0.5) is 0 Å². The Kier molecular flexibility index (Phi) is 3.27. The molecule has 0 amide bonds. The Labute approximate surface area is 79.0 Å². The van der Waals surface area contributed by atoms with E-state index >= 15 is 0 Å². The first-order valence-electron chi connectivity index (χ1n) is 4.65. The summed E-state index contributed by atoms with van der Waals surface area (Å²) in [7, 11) is 1.42. The number of hydrogen-bond donors (Lipinski definition) is 1. The van der Waals surface area contributed by atoms with E-state index in [-0.39, 0.29) is 18.1 Å². The molecule has 0 spiro atoms. The minimum absolute atomic E-state index is 0.103. The molecule has 76 valence electrons. The standard InChI is InChI=1S/C9H18N2O2/c1-6(2)11-5-7(10)4-8(11)9(12)13-3/h6-8H,4-5,10H2,1-3H3/t7-,8+/m0/s1. The molecule has 4 heteroatoms. The van der Waals surface area contributed by atoms with Gasteiger partial charge in [0.1, 0.15) is 6.04 Å². The molecule has 1 heterocycles. The van der Waals surface area contributed by atoms with Crippen LogP contribution < -0.4 is 5.73 Å². The van der Waals surface area contributed by atoms with E-state index < -0.39 is 0 Å². The van der Waals surface area contributed by atoms with Crippen molar-refractivity contribution in [2.45, 2.75) is 38.4 Å². The number of rotatable bonds is 2. The first kappa shape index (κ1) is 10.5. The van der Waals surface area contributed by atoms with Gasteiger partial charge in [-0.15, -0.1) is 0 Å². The molecule has 0 radical (unpaired) electrons. The molecule has 1 fully saturated rings. The Morgan fingerprint density at radius 2 is 2.23 bits per heavy atom. The first-order chi connectivity index (χ1) is 6.06. The Hall–Kier alpha value is -0.610. The van der Waals surface area contributed by atoms with Gasteiger partial charge in [-0.25, -0.2) is 0 Å². The van der Waals surface area contributed by atoms with E-state index in [0.29, 0.717) is 12.5 Å². The number of hydrogen-bond acceptors (Lipinski definition) is 4. The zero-order valence-electron chi connectivity index (χ0n) is 8.49. The van der Waals surface area contributed by atoms with Crippen LogP contribution in [0.5, 0.6) is 0 Å². The van der Waals surface area contributed by atoms with Gasteiger partial charge in [-0.3, -0.25) is 9.69 Å². The van der Waals surface area contributed by atoms with Crippen LogP contribution in [0.25, 0.3) is 0 Å². The molecule has 0 aromatic rings. The predicted molar refractivity (Wildman–Crippen MR) is 50.2 cm³/mol. The lowest BCUT2D eigenvalue weighted by Gasteiger charge is -2.25.